The lowest BCUT2D eigenvalue weighted by Crippen LogP contribution is -2.43. The van der Waals surface area contributed by atoms with Crippen LogP contribution in [0.3, 0.4) is 0 Å². The molecule has 0 aliphatic carbocycles. The minimum atomic E-state index is 1.06. The van der Waals surface area contributed by atoms with Crippen LogP contribution < -0.4 is 0 Å². The molecule has 0 amide bonds. The van der Waals surface area contributed by atoms with E-state index in [1.165, 1.54) is 42.9 Å². The number of benzene rings is 2. The topological polar surface area (TPSA) is 6.48 Å². The molecule has 1 saturated heterocycles. The Morgan fingerprint density at radius 1 is 0.950 bits per heavy atom. The maximum absolute atomic E-state index is 3.13. The molecule has 0 saturated carbocycles. The molecule has 1 radical (unpaired) electrons. The first kappa shape index (κ1) is 13.3. The van der Waals surface area contributed by atoms with E-state index in [2.05, 4.69) is 53.2 Å². The molecule has 0 atom stereocenters. The first-order chi connectivity index (χ1) is 9.81. The summed E-state index contributed by atoms with van der Waals surface area (Å²) in [5.74, 6) is 0. The van der Waals surface area contributed by atoms with Gasteiger partial charge in [0, 0.05) is 32.7 Å². The van der Waals surface area contributed by atoms with E-state index in [1.807, 2.05) is 18.2 Å². The fourth-order valence-corrected chi connectivity index (χ4v) is 2.64. The minimum absolute atomic E-state index is 1.06. The van der Waals surface area contributed by atoms with Crippen molar-refractivity contribution in [2.75, 3.05) is 33.2 Å². The van der Waals surface area contributed by atoms with Crippen molar-refractivity contribution in [2.45, 2.75) is 6.54 Å². The van der Waals surface area contributed by atoms with Crippen molar-refractivity contribution in [2.24, 2.45) is 0 Å². The summed E-state index contributed by atoms with van der Waals surface area (Å²) in [4.78, 5) is 4.93. The first-order valence-electron chi connectivity index (χ1n) is 7.27. The van der Waals surface area contributed by atoms with Crippen LogP contribution >= 0.6 is 0 Å². The van der Waals surface area contributed by atoms with Gasteiger partial charge in [0.2, 0.25) is 0 Å². The molecule has 2 aromatic carbocycles. The predicted octanol–water partition coefficient (Wildman–Crippen LogP) is 2.90. The molecule has 20 heavy (non-hydrogen) atoms. The SMILES string of the molecule is CN1CCN(Cc2ccc(-c3c[c]ccc3)cc2)CC1. The highest BCUT2D eigenvalue weighted by Gasteiger charge is 2.13. The second kappa shape index (κ2) is 6.21. The van der Waals surface area contributed by atoms with Gasteiger partial charge in [0.1, 0.15) is 0 Å². The number of hydrogen-bond donors (Lipinski definition) is 0. The maximum Gasteiger partial charge on any atom is 0.0234 e. The van der Waals surface area contributed by atoms with Gasteiger partial charge in [0.05, 0.1) is 0 Å². The second-order valence-electron chi connectivity index (χ2n) is 5.57. The number of hydrogen-bond acceptors (Lipinski definition) is 2. The number of likely N-dealkylation sites (N-methyl/N-ethyl adjacent to an activating group) is 1. The molecule has 1 aliphatic heterocycles. The summed E-state index contributed by atoms with van der Waals surface area (Å²) >= 11 is 0. The second-order valence-corrected chi connectivity index (χ2v) is 5.57. The van der Waals surface area contributed by atoms with Gasteiger partial charge in [-0.15, -0.1) is 0 Å². The highest BCUT2D eigenvalue weighted by molar-refractivity contribution is 5.63. The van der Waals surface area contributed by atoms with E-state index in [9.17, 15) is 0 Å². The Hall–Kier alpha value is -1.64. The molecule has 0 N–H and O–H groups in total. The minimum Gasteiger partial charge on any atom is -0.304 e. The van der Waals surface area contributed by atoms with Gasteiger partial charge in [-0.3, -0.25) is 4.90 Å². The molecule has 1 aliphatic rings. The molecule has 1 fully saturated rings. The zero-order chi connectivity index (χ0) is 13.8. The third-order valence-corrected chi connectivity index (χ3v) is 4.00. The van der Waals surface area contributed by atoms with Crippen LogP contribution in [0.25, 0.3) is 11.1 Å². The van der Waals surface area contributed by atoms with Crippen molar-refractivity contribution >= 4 is 0 Å². The Bertz CT molecular complexity index is 525. The molecule has 0 spiro atoms. The molecule has 0 unspecified atom stereocenters. The van der Waals surface area contributed by atoms with Gasteiger partial charge in [-0.1, -0.05) is 42.5 Å². The van der Waals surface area contributed by atoms with Crippen LogP contribution in [0, 0.1) is 6.07 Å². The average Bonchev–Trinajstić information content (AvgIpc) is 2.51. The van der Waals surface area contributed by atoms with Crippen molar-refractivity contribution in [1.29, 1.82) is 0 Å². The molecule has 2 aromatic rings. The molecule has 3 rings (SSSR count). The molecule has 1 heterocycles. The monoisotopic (exact) mass is 265 g/mol. The molecular weight excluding hydrogens is 244 g/mol. The standard InChI is InChI=1S/C18H21N2/c1-19-11-13-20(14-12-19)15-16-7-9-18(10-8-16)17-5-3-2-4-6-17/h2-3,5-10H,11-15H2,1H3. The van der Waals surface area contributed by atoms with Gasteiger partial charge in [-0.2, -0.15) is 0 Å². The lowest BCUT2D eigenvalue weighted by Gasteiger charge is -2.32. The van der Waals surface area contributed by atoms with E-state index in [0.717, 1.165) is 6.54 Å². The van der Waals surface area contributed by atoms with E-state index in [-0.39, 0.29) is 0 Å². The van der Waals surface area contributed by atoms with Crippen LogP contribution in [0.1, 0.15) is 5.56 Å². The quantitative estimate of drug-likeness (QED) is 0.842. The van der Waals surface area contributed by atoms with Crippen molar-refractivity contribution in [3.05, 3.63) is 60.2 Å². The van der Waals surface area contributed by atoms with Crippen LogP contribution in [0.15, 0.2) is 48.5 Å². The summed E-state index contributed by atoms with van der Waals surface area (Å²) in [5.41, 5.74) is 3.90. The van der Waals surface area contributed by atoms with Crippen LogP contribution in [-0.4, -0.2) is 43.0 Å². The van der Waals surface area contributed by atoms with E-state index in [1.54, 1.807) is 0 Å². The molecule has 103 valence electrons. The summed E-state index contributed by atoms with van der Waals surface area (Å²) in [6.07, 6.45) is 0. The summed E-state index contributed by atoms with van der Waals surface area (Å²) in [6.45, 7) is 5.77. The Labute approximate surface area is 121 Å². The van der Waals surface area contributed by atoms with Gasteiger partial charge in [0.15, 0.2) is 0 Å². The van der Waals surface area contributed by atoms with Gasteiger partial charge in [0.25, 0.3) is 0 Å². The number of piperazine rings is 1. The van der Waals surface area contributed by atoms with Gasteiger partial charge < -0.3 is 4.90 Å². The first-order valence-corrected chi connectivity index (χ1v) is 7.27. The van der Waals surface area contributed by atoms with Crippen molar-refractivity contribution in [3.8, 4) is 11.1 Å². The number of rotatable bonds is 3. The smallest absolute Gasteiger partial charge is 0.0234 e. The fraction of sp³-hybridized carbons (Fsp3) is 0.333. The van der Waals surface area contributed by atoms with E-state index < -0.39 is 0 Å². The molecule has 2 heteroatoms. The van der Waals surface area contributed by atoms with E-state index in [0.29, 0.717) is 0 Å². The van der Waals surface area contributed by atoms with E-state index in [4.69, 9.17) is 0 Å². The summed E-state index contributed by atoms with van der Waals surface area (Å²) < 4.78 is 0. The number of nitrogens with zero attached hydrogens (tertiary/aromatic N) is 2. The third-order valence-electron chi connectivity index (χ3n) is 4.00. The van der Waals surface area contributed by atoms with Crippen molar-refractivity contribution in [3.63, 3.8) is 0 Å². The van der Waals surface area contributed by atoms with Crippen LogP contribution in [0.2, 0.25) is 0 Å². The van der Waals surface area contributed by atoms with E-state index >= 15 is 0 Å². The summed E-state index contributed by atoms with van der Waals surface area (Å²) in [6, 6.07) is 20.2. The Balaban J connectivity index is 1.65. The van der Waals surface area contributed by atoms with Crippen molar-refractivity contribution in [1.82, 2.24) is 9.80 Å². The molecule has 0 bridgehead atoms. The van der Waals surface area contributed by atoms with Gasteiger partial charge >= 0.3 is 0 Å². The maximum atomic E-state index is 3.13. The molecular formula is C18H21N2. The summed E-state index contributed by atoms with van der Waals surface area (Å²) in [7, 11) is 2.20. The normalized spacial score (nSPS) is 17.2. The molecule has 0 aromatic heterocycles. The average molecular weight is 265 g/mol. The van der Waals surface area contributed by atoms with Crippen LogP contribution in [0.4, 0.5) is 0 Å². The summed E-state index contributed by atoms with van der Waals surface area (Å²) in [5, 5.41) is 0. The van der Waals surface area contributed by atoms with Crippen LogP contribution in [0.5, 0.6) is 0 Å². The third kappa shape index (κ3) is 3.27. The Morgan fingerprint density at radius 3 is 2.35 bits per heavy atom. The Morgan fingerprint density at radius 2 is 1.70 bits per heavy atom. The highest BCUT2D eigenvalue weighted by Crippen LogP contribution is 2.19. The lowest BCUT2D eigenvalue weighted by molar-refractivity contribution is 0.148. The zero-order valence-electron chi connectivity index (χ0n) is 12.0. The largest absolute Gasteiger partial charge is 0.304 e. The van der Waals surface area contributed by atoms with Gasteiger partial charge in [-0.05, 0) is 35.9 Å². The highest BCUT2D eigenvalue weighted by atomic mass is 15.2. The fourth-order valence-electron chi connectivity index (χ4n) is 2.64. The van der Waals surface area contributed by atoms with Gasteiger partial charge in [-0.25, -0.2) is 0 Å². The zero-order valence-corrected chi connectivity index (χ0v) is 12.0. The Kier molecular flexibility index (Phi) is 4.14. The predicted molar refractivity (Wildman–Crippen MR) is 83.5 cm³/mol. The lowest BCUT2D eigenvalue weighted by atomic mass is 10.0. The van der Waals surface area contributed by atoms with Crippen molar-refractivity contribution < 1.29 is 0 Å². The molecule has 2 nitrogen and oxygen atoms in total. The van der Waals surface area contributed by atoms with Crippen LogP contribution in [-0.2, 0) is 6.54 Å².